The van der Waals surface area contributed by atoms with E-state index in [1.54, 1.807) is 0 Å². The summed E-state index contributed by atoms with van der Waals surface area (Å²) in [6, 6.07) is 9.57. The van der Waals surface area contributed by atoms with Crippen molar-refractivity contribution in [2.24, 2.45) is 0 Å². The third-order valence-electron chi connectivity index (χ3n) is 4.69. The van der Waals surface area contributed by atoms with Crippen molar-refractivity contribution in [1.82, 2.24) is 4.31 Å². The molecule has 0 N–H and O–H groups in total. The zero-order valence-electron chi connectivity index (χ0n) is 15.8. The molecule has 3 rings (SSSR count). The lowest BCUT2D eigenvalue weighted by atomic mass is 10.1. The van der Waals surface area contributed by atoms with Crippen LogP contribution >= 0.6 is 15.9 Å². The Morgan fingerprint density at radius 3 is 2.28 bits per heavy atom. The van der Waals surface area contributed by atoms with E-state index in [0.717, 1.165) is 28.9 Å². The molecule has 0 atom stereocenters. The number of halogens is 4. The van der Waals surface area contributed by atoms with Gasteiger partial charge in [0.2, 0.25) is 10.0 Å². The van der Waals surface area contributed by atoms with Crippen LogP contribution in [0.1, 0.15) is 11.1 Å². The molecule has 1 aliphatic rings. The number of hydrogen-bond acceptors (Lipinski definition) is 4. The molecule has 10 heteroatoms. The van der Waals surface area contributed by atoms with Crippen molar-refractivity contribution in [2.45, 2.75) is 25.1 Å². The third-order valence-corrected chi connectivity index (χ3v) is 7.12. The molecule has 1 aliphatic heterocycles. The van der Waals surface area contributed by atoms with Gasteiger partial charge in [0.15, 0.2) is 5.75 Å². The molecule has 0 bridgehead atoms. The molecule has 1 saturated heterocycles. The van der Waals surface area contributed by atoms with Crippen LogP contribution < -0.4 is 9.64 Å². The summed E-state index contributed by atoms with van der Waals surface area (Å²) in [5.74, 6) is -0.746. The van der Waals surface area contributed by atoms with Gasteiger partial charge in [-0.25, -0.2) is 8.42 Å². The maximum absolute atomic E-state index is 13.0. The molecule has 0 saturated carbocycles. The predicted molar refractivity (Wildman–Crippen MR) is 108 cm³/mol. The van der Waals surface area contributed by atoms with Gasteiger partial charge < -0.3 is 9.64 Å². The zero-order valence-corrected chi connectivity index (χ0v) is 18.2. The molecule has 1 heterocycles. The average Bonchev–Trinajstić information content (AvgIpc) is 2.62. The van der Waals surface area contributed by atoms with Crippen LogP contribution in [0.4, 0.5) is 18.9 Å². The average molecular weight is 493 g/mol. The van der Waals surface area contributed by atoms with E-state index in [2.05, 4.69) is 25.6 Å². The number of piperazine rings is 1. The van der Waals surface area contributed by atoms with Crippen molar-refractivity contribution in [1.29, 1.82) is 0 Å². The monoisotopic (exact) mass is 492 g/mol. The highest BCUT2D eigenvalue weighted by atomic mass is 79.9. The molecule has 0 spiro atoms. The van der Waals surface area contributed by atoms with E-state index in [4.69, 9.17) is 0 Å². The molecule has 2 aromatic carbocycles. The Morgan fingerprint density at radius 2 is 1.66 bits per heavy atom. The van der Waals surface area contributed by atoms with E-state index >= 15 is 0 Å². The first-order valence-corrected chi connectivity index (χ1v) is 11.1. The lowest BCUT2D eigenvalue weighted by Crippen LogP contribution is -2.49. The van der Waals surface area contributed by atoms with Crippen molar-refractivity contribution in [3.8, 4) is 5.75 Å². The number of nitrogens with zero attached hydrogens (tertiary/aromatic N) is 2. The standard InChI is InChI=1S/C19H20BrF3N2O3S/c1-13-3-4-14(2)16(11-13)24-7-9-25(10-8-24)29(26,27)18-6-5-15(20)12-17(18)28-19(21,22)23/h3-6,11-12H,7-10H2,1-2H3. The van der Waals surface area contributed by atoms with E-state index in [1.165, 1.54) is 10.4 Å². The second-order valence-electron chi connectivity index (χ2n) is 6.82. The van der Waals surface area contributed by atoms with Crippen LogP contribution in [-0.2, 0) is 10.0 Å². The summed E-state index contributed by atoms with van der Waals surface area (Å²) in [7, 11) is -4.14. The van der Waals surface area contributed by atoms with Gasteiger partial charge in [-0.15, -0.1) is 13.2 Å². The van der Waals surface area contributed by atoms with Gasteiger partial charge in [0, 0.05) is 36.3 Å². The quantitative estimate of drug-likeness (QED) is 0.631. The van der Waals surface area contributed by atoms with Gasteiger partial charge in [0.25, 0.3) is 0 Å². The molecular weight excluding hydrogens is 473 g/mol. The van der Waals surface area contributed by atoms with E-state index in [9.17, 15) is 21.6 Å². The Kier molecular flexibility index (Phi) is 6.16. The lowest BCUT2D eigenvalue weighted by molar-refractivity contribution is -0.275. The summed E-state index contributed by atoms with van der Waals surface area (Å²) in [5, 5.41) is 0. The molecule has 0 radical (unpaired) electrons. The van der Waals surface area contributed by atoms with Crippen LogP contribution in [0.5, 0.6) is 5.75 Å². The minimum absolute atomic E-state index is 0.164. The van der Waals surface area contributed by atoms with Gasteiger partial charge in [0.1, 0.15) is 4.90 Å². The summed E-state index contributed by atoms with van der Waals surface area (Å²) in [6.45, 7) is 5.18. The summed E-state index contributed by atoms with van der Waals surface area (Å²) < 4.78 is 69.7. The van der Waals surface area contributed by atoms with E-state index < -0.39 is 27.0 Å². The molecule has 5 nitrogen and oxygen atoms in total. The molecule has 29 heavy (non-hydrogen) atoms. The Bertz CT molecular complexity index is 1000. The molecule has 1 fully saturated rings. The summed E-state index contributed by atoms with van der Waals surface area (Å²) in [5.41, 5.74) is 3.22. The van der Waals surface area contributed by atoms with Crippen LogP contribution in [-0.4, -0.2) is 45.3 Å². The van der Waals surface area contributed by atoms with E-state index in [-0.39, 0.29) is 17.6 Å². The van der Waals surface area contributed by atoms with Gasteiger partial charge in [-0.05, 0) is 49.2 Å². The summed E-state index contributed by atoms with van der Waals surface area (Å²) in [4.78, 5) is 1.58. The number of hydrogen-bond donors (Lipinski definition) is 0. The first kappa shape index (κ1) is 21.9. The fourth-order valence-corrected chi connectivity index (χ4v) is 5.13. The zero-order chi connectivity index (χ0) is 21.4. The van der Waals surface area contributed by atoms with Crippen molar-refractivity contribution in [2.75, 3.05) is 31.1 Å². The highest BCUT2D eigenvalue weighted by Crippen LogP contribution is 2.34. The molecule has 0 aliphatic carbocycles. The van der Waals surface area contributed by atoms with Gasteiger partial charge in [-0.1, -0.05) is 28.1 Å². The second-order valence-corrected chi connectivity index (χ2v) is 9.64. The van der Waals surface area contributed by atoms with Crippen LogP contribution in [0.15, 0.2) is 45.8 Å². The molecule has 0 unspecified atom stereocenters. The molecule has 0 amide bonds. The summed E-state index contributed by atoms with van der Waals surface area (Å²) >= 11 is 3.05. The SMILES string of the molecule is Cc1ccc(C)c(N2CCN(S(=O)(=O)c3ccc(Br)cc3OC(F)(F)F)CC2)c1. The lowest BCUT2D eigenvalue weighted by Gasteiger charge is -2.36. The van der Waals surface area contributed by atoms with Crippen molar-refractivity contribution in [3.05, 3.63) is 52.0 Å². The molecule has 2 aromatic rings. The Hall–Kier alpha value is -1.78. The molecular formula is C19H20BrF3N2O3S. The fourth-order valence-electron chi connectivity index (χ4n) is 3.27. The number of alkyl halides is 3. The van der Waals surface area contributed by atoms with E-state index in [1.807, 2.05) is 32.0 Å². The number of aryl methyl sites for hydroxylation is 2. The second kappa shape index (κ2) is 8.16. The Morgan fingerprint density at radius 1 is 1.00 bits per heavy atom. The first-order chi connectivity index (χ1) is 13.5. The highest BCUT2D eigenvalue weighted by molar-refractivity contribution is 9.10. The highest BCUT2D eigenvalue weighted by Gasteiger charge is 2.36. The molecule has 158 valence electrons. The van der Waals surface area contributed by atoms with Gasteiger partial charge in [0.05, 0.1) is 0 Å². The van der Waals surface area contributed by atoms with Crippen molar-refractivity contribution >= 4 is 31.6 Å². The Labute approximate surface area is 176 Å². The van der Waals surface area contributed by atoms with Crippen LogP contribution in [0.25, 0.3) is 0 Å². The van der Waals surface area contributed by atoms with Crippen LogP contribution in [0.3, 0.4) is 0 Å². The smallest absolute Gasteiger partial charge is 0.404 e. The predicted octanol–water partition coefficient (Wildman–Crippen LogP) is 4.48. The minimum atomic E-state index is -4.99. The minimum Gasteiger partial charge on any atom is -0.404 e. The molecule has 0 aromatic heterocycles. The van der Waals surface area contributed by atoms with Crippen molar-refractivity contribution in [3.63, 3.8) is 0 Å². The topological polar surface area (TPSA) is 49.9 Å². The number of rotatable bonds is 4. The maximum Gasteiger partial charge on any atom is 0.573 e. The largest absolute Gasteiger partial charge is 0.573 e. The number of anilines is 1. The van der Waals surface area contributed by atoms with Crippen molar-refractivity contribution < 1.29 is 26.3 Å². The van der Waals surface area contributed by atoms with Gasteiger partial charge in [-0.3, -0.25) is 0 Å². The first-order valence-electron chi connectivity index (χ1n) is 8.85. The number of benzene rings is 2. The van der Waals surface area contributed by atoms with Gasteiger partial charge in [-0.2, -0.15) is 4.31 Å². The third kappa shape index (κ3) is 5.04. The van der Waals surface area contributed by atoms with E-state index in [0.29, 0.717) is 13.1 Å². The van der Waals surface area contributed by atoms with Crippen LogP contribution in [0, 0.1) is 13.8 Å². The fraction of sp³-hybridized carbons (Fsp3) is 0.368. The van der Waals surface area contributed by atoms with Gasteiger partial charge >= 0.3 is 6.36 Å². The summed E-state index contributed by atoms with van der Waals surface area (Å²) in [6.07, 6.45) is -4.99. The number of sulfonamides is 1. The van der Waals surface area contributed by atoms with Crippen LogP contribution in [0.2, 0.25) is 0 Å². The number of ether oxygens (including phenoxy) is 1. The maximum atomic E-state index is 13.0. The normalized spacial score (nSPS) is 16.1. The Balaban J connectivity index is 1.83.